The van der Waals surface area contributed by atoms with Gasteiger partial charge < -0.3 is 11.5 Å². The summed E-state index contributed by atoms with van der Waals surface area (Å²) in [6.45, 7) is 0. The Morgan fingerprint density at radius 2 is 1.44 bits per heavy atom. The van der Waals surface area contributed by atoms with Crippen molar-refractivity contribution in [2.45, 2.75) is 37.8 Å². The summed E-state index contributed by atoms with van der Waals surface area (Å²) in [6.07, 6.45) is 4.60. The first-order valence-electron chi connectivity index (χ1n) is 3.30. The summed E-state index contributed by atoms with van der Waals surface area (Å²) in [6, 6.07) is 0.775. The highest BCUT2D eigenvalue weighted by Gasteiger charge is 2.14. The van der Waals surface area contributed by atoms with Crippen LogP contribution < -0.4 is 11.5 Å². The fraction of sp³-hybridized carbons (Fsp3) is 1.00. The molecular weight excluding hydrogens is 136 g/mol. The van der Waals surface area contributed by atoms with Gasteiger partial charge in [-0.1, -0.05) is 6.42 Å². The van der Waals surface area contributed by atoms with Gasteiger partial charge in [-0.05, 0) is 19.3 Å². The van der Waals surface area contributed by atoms with Crippen LogP contribution in [0.5, 0.6) is 0 Å². The molecule has 0 bridgehead atoms. The minimum atomic E-state index is 0. The number of hydrogen-bond donors (Lipinski definition) is 2. The Balaban J connectivity index is 0.000000640. The minimum absolute atomic E-state index is 0. The van der Waals surface area contributed by atoms with Gasteiger partial charge in [-0.3, -0.25) is 0 Å². The lowest BCUT2D eigenvalue weighted by Crippen LogP contribution is -2.35. The predicted molar refractivity (Wildman–Crippen MR) is 41.7 cm³/mol. The van der Waals surface area contributed by atoms with Crippen LogP contribution in [0.2, 0.25) is 0 Å². The molecule has 9 heavy (non-hydrogen) atoms. The molecule has 0 aromatic carbocycles. The van der Waals surface area contributed by atoms with E-state index in [1.54, 1.807) is 0 Å². The fourth-order valence-electron chi connectivity index (χ4n) is 1.27. The van der Waals surface area contributed by atoms with Crippen LogP contribution >= 0.6 is 12.4 Å². The Kier molecular flexibility index (Phi) is 4.19. The predicted octanol–water partition coefficient (Wildman–Crippen LogP) is 0.637. The first-order chi connectivity index (χ1) is 3.79. The van der Waals surface area contributed by atoms with E-state index in [2.05, 4.69) is 0 Å². The van der Waals surface area contributed by atoms with E-state index in [0.717, 1.165) is 6.42 Å². The van der Waals surface area contributed by atoms with E-state index in [0.29, 0.717) is 12.1 Å². The van der Waals surface area contributed by atoms with Gasteiger partial charge in [0.25, 0.3) is 0 Å². The van der Waals surface area contributed by atoms with Crippen LogP contribution in [0.15, 0.2) is 0 Å². The molecule has 2 atom stereocenters. The lowest BCUT2D eigenvalue weighted by atomic mass is 9.92. The molecule has 0 aliphatic heterocycles. The third-order valence-corrected chi connectivity index (χ3v) is 1.76. The lowest BCUT2D eigenvalue weighted by molar-refractivity contribution is 0.392. The third-order valence-electron chi connectivity index (χ3n) is 1.76. The number of hydrogen-bond acceptors (Lipinski definition) is 2. The maximum absolute atomic E-state index is 5.65. The molecule has 1 rings (SSSR count). The molecule has 0 heterocycles. The summed E-state index contributed by atoms with van der Waals surface area (Å²) < 4.78 is 0. The van der Waals surface area contributed by atoms with E-state index in [-0.39, 0.29) is 12.4 Å². The first-order valence-corrected chi connectivity index (χ1v) is 3.30. The van der Waals surface area contributed by atoms with Crippen molar-refractivity contribution < 1.29 is 0 Å². The monoisotopic (exact) mass is 150 g/mol. The molecular formula is C6H15ClN2. The molecule has 0 spiro atoms. The highest BCUT2D eigenvalue weighted by Crippen LogP contribution is 2.14. The van der Waals surface area contributed by atoms with Crippen LogP contribution in [-0.4, -0.2) is 12.1 Å². The normalized spacial score (nSPS) is 35.3. The van der Waals surface area contributed by atoms with Gasteiger partial charge in [-0.25, -0.2) is 0 Å². The van der Waals surface area contributed by atoms with Crippen LogP contribution in [0.1, 0.15) is 25.7 Å². The second-order valence-electron chi connectivity index (χ2n) is 2.69. The fourth-order valence-corrected chi connectivity index (χ4v) is 1.27. The van der Waals surface area contributed by atoms with Crippen LogP contribution in [0.4, 0.5) is 0 Å². The van der Waals surface area contributed by atoms with Crippen LogP contribution in [0, 0.1) is 0 Å². The largest absolute Gasteiger partial charge is 0.328 e. The van der Waals surface area contributed by atoms with Crippen molar-refractivity contribution in [2.24, 2.45) is 11.5 Å². The summed E-state index contributed by atoms with van der Waals surface area (Å²) in [5.41, 5.74) is 11.3. The molecule has 56 valence electrons. The summed E-state index contributed by atoms with van der Waals surface area (Å²) in [7, 11) is 0. The highest BCUT2D eigenvalue weighted by atomic mass is 35.5. The smallest absolute Gasteiger partial charge is 0.00535 e. The zero-order chi connectivity index (χ0) is 5.98. The Hall–Kier alpha value is 0.210. The van der Waals surface area contributed by atoms with Crippen molar-refractivity contribution in [1.29, 1.82) is 0 Å². The van der Waals surface area contributed by atoms with Gasteiger partial charge in [-0.2, -0.15) is 0 Å². The van der Waals surface area contributed by atoms with E-state index in [9.17, 15) is 0 Å². The average molecular weight is 151 g/mol. The van der Waals surface area contributed by atoms with Crippen LogP contribution in [-0.2, 0) is 0 Å². The zero-order valence-electron chi connectivity index (χ0n) is 5.55. The summed E-state index contributed by atoms with van der Waals surface area (Å²) in [5, 5.41) is 0. The summed E-state index contributed by atoms with van der Waals surface area (Å²) in [4.78, 5) is 0. The Morgan fingerprint density at radius 3 is 1.67 bits per heavy atom. The van der Waals surface area contributed by atoms with E-state index in [1.165, 1.54) is 19.3 Å². The standard InChI is InChI=1S/C6H14N2.ClH/c7-5-2-1-3-6(8)4-5;/h5-6H,1-4,7-8H2;1H/t5-,6+;. The van der Waals surface area contributed by atoms with Crippen molar-refractivity contribution in [2.75, 3.05) is 0 Å². The SMILES string of the molecule is Cl.N[C@@H]1CCC[C@H](N)C1. The Morgan fingerprint density at radius 1 is 1.00 bits per heavy atom. The Bertz CT molecular complexity index is 69.5. The van der Waals surface area contributed by atoms with Gasteiger partial charge in [0.2, 0.25) is 0 Å². The quantitative estimate of drug-likeness (QED) is 0.533. The number of nitrogens with two attached hydrogens (primary N) is 2. The highest BCUT2D eigenvalue weighted by molar-refractivity contribution is 5.85. The molecule has 0 saturated heterocycles. The molecule has 0 amide bonds. The van der Waals surface area contributed by atoms with Gasteiger partial charge in [0.05, 0.1) is 0 Å². The number of rotatable bonds is 0. The molecule has 0 aromatic heterocycles. The number of halogens is 1. The van der Waals surface area contributed by atoms with Gasteiger partial charge in [0, 0.05) is 12.1 Å². The molecule has 0 radical (unpaired) electrons. The van der Waals surface area contributed by atoms with Crippen LogP contribution in [0.25, 0.3) is 0 Å². The van der Waals surface area contributed by atoms with E-state index < -0.39 is 0 Å². The van der Waals surface area contributed by atoms with Gasteiger partial charge in [0.1, 0.15) is 0 Å². The molecule has 1 aliphatic carbocycles. The third kappa shape index (κ3) is 3.04. The van der Waals surface area contributed by atoms with Crippen molar-refractivity contribution >= 4 is 12.4 Å². The molecule has 0 aromatic rings. The topological polar surface area (TPSA) is 52.0 Å². The van der Waals surface area contributed by atoms with E-state index in [4.69, 9.17) is 11.5 Å². The van der Waals surface area contributed by atoms with E-state index in [1.807, 2.05) is 0 Å². The van der Waals surface area contributed by atoms with Crippen LogP contribution in [0.3, 0.4) is 0 Å². The summed E-state index contributed by atoms with van der Waals surface area (Å²) >= 11 is 0. The summed E-state index contributed by atoms with van der Waals surface area (Å²) in [5.74, 6) is 0. The van der Waals surface area contributed by atoms with Crippen molar-refractivity contribution in [3.05, 3.63) is 0 Å². The maximum Gasteiger partial charge on any atom is 0.00535 e. The minimum Gasteiger partial charge on any atom is -0.328 e. The Labute approximate surface area is 62.4 Å². The van der Waals surface area contributed by atoms with Gasteiger partial charge >= 0.3 is 0 Å². The van der Waals surface area contributed by atoms with Gasteiger partial charge in [-0.15, -0.1) is 12.4 Å². The second-order valence-corrected chi connectivity index (χ2v) is 2.69. The average Bonchev–Trinajstić information content (AvgIpc) is 1.64. The van der Waals surface area contributed by atoms with E-state index >= 15 is 0 Å². The molecule has 4 N–H and O–H groups in total. The molecule has 2 nitrogen and oxygen atoms in total. The molecule has 0 unspecified atom stereocenters. The molecule has 1 aliphatic rings. The zero-order valence-corrected chi connectivity index (χ0v) is 6.36. The molecule has 1 fully saturated rings. The lowest BCUT2D eigenvalue weighted by Gasteiger charge is -2.22. The maximum atomic E-state index is 5.65. The van der Waals surface area contributed by atoms with Crippen molar-refractivity contribution in [1.82, 2.24) is 0 Å². The first kappa shape index (κ1) is 9.21. The van der Waals surface area contributed by atoms with Gasteiger partial charge in [0.15, 0.2) is 0 Å². The molecule has 3 heteroatoms. The second kappa shape index (κ2) is 4.09. The molecule has 1 saturated carbocycles. The van der Waals surface area contributed by atoms with Crippen molar-refractivity contribution in [3.63, 3.8) is 0 Å². The van der Waals surface area contributed by atoms with Crippen molar-refractivity contribution in [3.8, 4) is 0 Å².